The second-order valence-corrected chi connectivity index (χ2v) is 2.49. The lowest BCUT2D eigenvalue weighted by Gasteiger charge is -2.13. The van der Waals surface area contributed by atoms with Crippen LogP contribution in [0.3, 0.4) is 0 Å². The molecule has 11 heavy (non-hydrogen) atoms. The number of hydrogen-bond acceptors (Lipinski definition) is 3. The largest absolute Gasteiger partial charge is 0.375 e. The van der Waals surface area contributed by atoms with Gasteiger partial charge in [0.2, 0.25) is 0 Å². The van der Waals surface area contributed by atoms with E-state index in [0.29, 0.717) is 6.61 Å². The summed E-state index contributed by atoms with van der Waals surface area (Å²) in [5, 5.41) is 0. The Morgan fingerprint density at radius 1 is 1.64 bits per heavy atom. The van der Waals surface area contributed by atoms with Gasteiger partial charge in [0.15, 0.2) is 0 Å². The predicted octanol–water partition coefficient (Wildman–Crippen LogP) is -0.157. The third-order valence-electron chi connectivity index (χ3n) is 1.75. The van der Waals surface area contributed by atoms with Crippen LogP contribution in [-0.4, -0.2) is 16.6 Å². The normalized spacial score (nSPS) is 16.0. The number of fused-ring (bicyclic) bond motifs is 1. The van der Waals surface area contributed by atoms with E-state index in [-0.39, 0.29) is 5.69 Å². The molecule has 0 spiro atoms. The number of nitrogens with one attached hydrogen (secondary N) is 1. The van der Waals surface area contributed by atoms with Crippen LogP contribution in [0.1, 0.15) is 11.3 Å². The van der Waals surface area contributed by atoms with Gasteiger partial charge in [-0.15, -0.1) is 0 Å². The van der Waals surface area contributed by atoms with Crippen molar-refractivity contribution in [1.82, 2.24) is 9.97 Å². The topological polar surface area (TPSA) is 55.0 Å². The van der Waals surface area contributed by atoms with E-state index in [2.05, 4.69) is 9.97 Å². The van der Waals surface area contributed by atoms with Crippen LogP contribution in [0.25, 0.3) is 0 Å². The van der Waals surface area contributed by atoms with E-state index in [0.717, 1.165) is 24.3 Å². The molecule has 0 unspecified atom stereocenters. The van der Waals surface area contributed by atoms with Gasteiger partial charge in [0.1, 0.15) is 0 Å². The number of ether oxygens (including phenoxy) is 1. The summed E-state index contributed by atoms with van der Waals surface area (Å²) < 4.78 is 5.15. The number of hydrogen-bond donors (Lipinski definition) is 1. The van der Waals surface area contributed by atoms with Gasteiger partial charge in [0, 0.05) is 6.20 Å². The first kappa shape index (κ1) is 6.54. The summed E-state index contributed by atoms with van der Waals surface area (Å²) in [7, 11) is 0. The highest BCUT2D eigenvalue weighted by atomic mass is 16.5. The molecular formula is C7H8N2O2. The lowest BCUT2D eigenvalue weighted by Crippen LogP contribution is -2.19. The molecule has 1 N–H and O–H groups in total. The number of H-pyrrole nitrogens is 1. The SMILES string of the molecule is O=c1ncc2c([nH]1)COCC2. The Morgan fingerprint density at radius 3 is 3.45 bits per heavy atom. The zero-order valence-electron chi connectivity index (χ0n) is 5.96. The molecule has 0 amide bonds. The van der Waals surface area contributed by atoms with Crippen LogP contribution < -0.4 is 5.69 Å². The fourth-order valence-electron chi connectivity index (χ4n) is 1.16. The van der Waals surface area contributed by atoms with Crippen LogP contribution in [0.5, 0.6) is 0 Å². The molecule has 1 aliphatic heterocycles. The van der Waals surface area contributed by atoms with Gasteiger partial charge in [-0.05, 0) is 12.0 Å². The summed E-state index contributed by atoms with van der Waals surface area (Å²) in [6.45, 7) is 1.23. The first-order valence-corrected chi connectivity index (χ1v) is 3.51. The summed E-state index contributed by atoms with van der Waals surface area (Å²) in [5.41, 5.74) is 1.67. The monoisotopic (exact) mass is 152 g/mol. The fraction of sp³-hybridized carbons (Fsp3) is 0.429. The molecule has 1 aliphatic rings. The lowest BCUT2D eigenvalue weighted by atomic mass is 10.1. The molecule has 0 aliphatic carbocycles. The van der Waals surface area contributed by atoms with Crippen molar-refractivity contribution in [3.63, 3.8) is 0 Å². The molecule has 0 atom stereocenters. The highest BCUT2D eigenvalue weighted by Gasteiger charge is 2.09. The molecule has 1 aromatic rings. The Morgan fingerprint density at radius 2 is 2.55 bits per heavy atom. The molecule has 0 saturated carbocycles. The van der Waals surface area contributed by atoms with Crippen LogP contribution in [-0.2, 0) is 17.8 Å². The van der Waals surface area contributed by atoms with Crippen molar-refractivity contribution < 1.29 is 4.74 Å². The number of rotatable bonds is 0. The highest BCUT2D eigenvalue weighted by Crippen LogP contribution is 2.10. The lowest BCUT2D eigenvalue weighted by molar-refractivity contribution is 0.107. The second-order valence-electron chi connectivity index (χ2n) is 2.49. The zero-order valence-corrected chi connectivity index (χ0v) is 5.96. The van der Waals surface area contributed by atoms with Crippen molar-refractivity contribution in [2.24, 2.45) is 0 Å². The van der Waals surface area contributed by atoms with Gasteiger partial charge in [0.25, 0.3) is 0 Å². The Bertz CT molecular complexity index is 318. The summed E-state index contributed by atoms with van der Waals surface area (Å²) in [5.74, 6) is 0. The summed E-state index contributed by atoms with van der Waals surface area (Å²) in [4.78, 5) is 17.0. The van der Waals surface area contributed by atoms with Crippen molar-refractivity contribution in [2.75, 3.05) is 6.61 Å². The molecule has 1 aromatic heterocycles. The standard InChI is InChI=1S/C7H8N2O2/c10-7-8-3-5-1-2-11-4-6(5)9-7/h3H,1-2,4H2,(H,8,9,10). The fourth-order valence-corrected chi connectivity index (χ4v) is 1.16. The molecule has 4 nitrogen and oxygen atoms in total. The third-order valence-corrected chi connectivity index (χ3v) is 1.75. The van der Waals surface area contributed by atoms with Crippen molar-refractivity contribution >= 4 is 0 Å². The predicted molar refractivity (Wildman–Crippen MR) is 38.2 cm³/mol. The minimum Gasteiger partial charge on any atom is -0.375 e. The average molecular weight is 152 g/mol. The van der Waals surface area contributed by atoms with Crippen LogP contribution in [0, 0.1) is 0 Å². The molecule has 0 aromatic carbocycles. The summed E-state index contributed by atoms with van der Waals surface area (Å²) >= 11 is 0. The third kappa shape index (κ3) is 1.17. The van der Waals surface area contributed by atoms with Crippen molar-refractivity contribution in [3.8, 4) is 0 Å². The Kier molecular flexibility index (Phi) is 1.47. The Hall–Kier alpha value is -1.16. The molecule has 0 fully saturated rings. The molecule has 0 saturated heterocycles. The first-order valence-electron chi connectivity index (χ1n) is 3.51. The van der Waals surface area contributed by atoms with Gasteiger partial charge in [-0.3, -0.25) is 0 Å². The molecule has 2 rings (SSSR count). The van der Waals surface area contributed by atoms with E-state index in [1.54, 1.807) is 6.20 Å². The van der Waals surface area contributed by atoms with Crippen LogP contribution >= 0.6 is 0 Å². The van der Waals surface area contributed by atoms with Gasteiger partial charge < -0.3 is 9.72 Å². The number of nitrogens with zero attached hydrogens (tertiary/aromatic N) is 1. The van der Waals surface area contributed by atoms with E-state index < -0.39 is 0 Å². The molecule has 4 heteroatoms. The minimum absolute atomic E-state index is 0.297. The first-order chi connectivity index (χ1) is 5.36. The summed E-state index contributed by atoms with van der Waals surface area (Å²) in [6, 6.07) is 0. The van der Waals surface area contributed by atoms with Crippen LogP contribution in [0.4, 0.5) is 0 Å². The minimum atomic E-state index is -0.297. The van der Waals surface area contributed by atoms with Crippen LogP contribution in [0.2, 0.25) is 0 Å². The molecular weight excluding hydrogens is 144 g/mol. The maximum Gasteiger partial charge on any atom is 0.345 e. The van der Waals surface area contributed by atoms with Crippen molar-refractivity contribution in [2.45, 2.75) is 13.0 Å². The van der Waals surface area contributed by atoms with Crippen molar-refractivity contribution in [3.05, 3.63) is 27.9 Å². The molecule has 2 heterocycles. The number of aromatic nitrogens is 2. The Balaban J connectivity index is 2.51. The zero-order chi connectivity index (χ0) is 7.68. The van der Waals surface area contributed by atoms with Crippen molar-refractivity contribution in [1.29, 1.82) is 0 Å². The van der Waals surface area contributed by atoms with E-state index >= 15 is 0 Å². The van der Waals surface area contributed by atoms with Crippen LogP contribution in [0.15, 0.2) is 11.0 Å². The molecule has 0 radical (unpaired) electrons. The van der Waals surface area contributed by atoms with Gasteiger partial charge >= 0.3 is 5.69 Å². The van der Waals surface area contributed by atoms with Gasteiger partial charge in [0.05, 0.1) is 18.9 Å². The van der Waals surface area contributed by atoms with E-state index in [9.17, 15) is 4.79 Å². The quantitative estimate of drug-likeness (QED) is 0.562. The van der Waals surface area contributed by atoms with E-state index in [4.69, 9.17) is 4.74 Å². The second kappa shape index (κ2) is 2.47. The molecule has 0 bridgehead atoms. The smallest absolute Gasteiger partial charge is 0.345 e. The van der Waals surface area contributed by atoms with E-state index in [1.165, 1.54) is 0 Å². The molecule has 58 valence electrons. The maximum atomic E-state index is 10.7. The van der Waals surface area contributed by atoms with E-state index in [1.807, 2.05) is 0 Å². The summed E-state index contributed by atoms with van der Waals surface area (Å²) in [6.07, 6.45) is 2.47. The van der Waals surface area contributed by atoms with Gasteiger partial charge in [-0.1, -0.05) is 0 Å². The van der Waals surface area contributed by atoms with Gasteiger partial charge in [-0.2, -0.15) is 0 Å². The average Bonchev–Trinajstić information content (AvgIpc) is 2.04. The van der Waals surface area contributed by atoms with Gasteiger partial charge in [-0.25, -0.2) is 9.78 Å². The highest BCUT2D eigenvalue weighted by molar-refractivity contribution is 5.16. The maximum absolute atomic E-state index is 10.7. The Labute approximate surface area is 63.2 Å². The number of aromatic amines is 1.